The van der Waals surface area contributed by atoms with E-state index in [1.54, 1.807) is 6.92 Å². The molecule has 0 atom stereocenters. The molecule has 0 spiro atoms. The maximum atomic E-state index is 12.1. The number of carbonyl (C=O) groups is 1. The lowest BCUT2D eigenvalue weighted by atomic mass is 10.2. The Balaban J connectivity index is 2.34. The number of fused-ring (bicyclic) bond motifs is 3. The number of esters is 1. The van der Waals surface area contributed by atoms with E-state index in [4.69, 9.17) is 4.74 Å². The molecule has 0 unspecified atom stereocenters. The molecule has 3 rings (SSSR count). The van der Waals surface area contributed by atoms with Gasteiger partial charge in [0.1, 0.15) is 10.6 Å². The zero-order valence-corrected chi connectivity index (χ0v) is 12.1. The summed E-state index contributed by atoms with van der Waals surface area (Å²) in [7, 11) is 0. The average Bonchev–Trinajstić information content (AvgIpc) is 2.86. The van der Waals surface area contributed by atoms with Gasteiger partial charge < -0.3 is 4.74 Å². The molecule has 2 heterocycles. The summed E-state index contributed by atoms with van der Waals surface area (Å²) in [4.78, 5) is 12.1. The second-order valence-corrected chi connectivity index (χ2v) is 5.09. The highest BCUT2D eigenvalue weighted by atomic mass is 32.2. The van der Waals surface area contributed by atoms with E-state index in [1.807, 2.05) is 47.2 Å². The van der Waals surface area contributed by atoms with Crippen LogP contribution in [-0.2, 0) is 4.74 Å². The number of hydrogen-bond acceptors (Lipinski definition) is 4. The monoisotopic (exact) mass is 286 g/mol. The number of aromatic nitrogens is 2. The summed E-state index contributed by atoms with van der Waals surface area (Å²) in [5.41, 5.74) is 2.31. The molecule has 0 saturated carbocycles. The first-order chi connectivity index (χ1) is 9.76. The van der Waals surface area contributed by atoms with E-state index in [0.29, 0.717) is 17.2 Å². The number of benzene rings is 1. The number of rotatable bonds is 3. The van der Waals surface area contributed by atoms with Gasteiger partial charge in [-0.3, -0.25) is 0 Å². The van der Waals surface area contributed by atoms with E-state index in [0.717, 1.165) is 16.4 Å². The number of hydrogen-bond donors (Lipinski definition) is 0. The molecule has 4 nitrogen and oxygen atoms in total. The van der Waals surface area contributed by atoms with Crippen molar-refractivity contribution < 1.29 is 9.53 Å². The number of carbonyl (C=O) groups excluding carboxylic acids is 1. The van der Waals surface area contributed by atoms with Gasteiger partial charge in [-0.2, -0.15) is 5.10 Å². The normalized spacial score (nSPS) is 11.1. The van der Waals surface area contributed by atoms with Gasteiger partial charge in [0.05, 0.1) is 17.6 Å². The Kier molecular flexibility index (Phi) is 3.36. The lowest BCUT2D eigenvalue weighted by molar-refractivity contribution is 0.0524. The van der Waals surface area contributed by atoms with Crippen LogP contribution in [0.3, 0.4) is 0 Å². The molecular weight excluding hydrogens is 272 g/mol. The third-order valence-electron chi connectivity index (χ3n) is 3.15. The van der Waals surface area contributed by atoms with Crippen molar-refractivity contribution in [2.75, 3.05) is 12.9 Å². The van der Waals surface area contributed by atoms with Crippen LogP contribution < -0.4 is 0 Å². The second-order valence-electron chi connectivity index (χ2n) is 4.29. The quantitative estimate of drug-likeness (QED) is 0.547. The van der Waals surface area contributed by atoms with Gasteiger partial charge in [-0.25, -0.2) is 9.31 Å². The maximum absolute atomic E-state index is 12.1. The van der Waals surface area contributed by atoms with Crippen molar-refractivity contribution in [1.82, 2.24) is 9.61 Å². The number of para-hydroxylation sites is 1. The third-order valence-corrected chi connectivity index (χ3v) is 3.82. The zero-order valence-electron chi connectivity index (χ0n) is 11.3. The summed E-state index contributed by atoms with van der Waals surface area (Å²) in [6.07, 6.45) is 1.91. The van der Waals surface area contributed by atoms with Crippen LogP contribution >= 0.6 is 11.8 Å². The van der Waals surface area contributed by atoms with Crippen LogP contribution in [0.25, 0.3) is 16.4 Å². The fraction of sp³-hybridized carbons (Fsp3) is 0.200. The number of nitrogens with zero attached hydrogens (tertiary/aromatic N) is 2. The molecule has 0 bridgehead atoms. The molecule has 0 saturated heterocycles. The fourth-order valence-electron chi connectivity index (χ4n) is 2.28. The van der Waals surface area contributed by atoms with Gasteiger partial charge in [-0.1, -0.05) is 24.3 Å². The molecule has 102 valence electrons. The molecule has 0 aliphatic rings. The lowest BCUT2D eigenvalue weighted by Crippen LogP contribution is -2.05. The first-order valence-electron chi connectivity index (χ1n) is 6.38. The van der Waals surface area contributed by atoms with Crippen LogP contribution in [-0.4, -0.2) is 28.4 Å². The topological polar surface area (TPSA) is 43.6 Å². The SMILES string of the molecule is CCOC(=O)c1c(SC)nn2c1ccc1ccccc12. The Morgan fingerprint density at radius 3 is 2.80 bits per heavy atom. The Bertz CT molecular complexity index is 795. The summed E-state index contributed by atoms with van der Waals surface area (Å²) in [5.74, 6) is -0.317. The van der Waals surface area contributed by atoms with Crippen molar-refractivity contribution in [2.45, 2.75) is 11.9 Å². The highest BCUT2D eigenvalue weighted by molar-refractivity contribution is 7.98. The summed E-state index contributed by atoms with van der Waals surface area (Å²) < 4.78 is 6.96. The summed E-state index contributed by atoms with van der Waals surface area (Å²) in [6, 6.07) is 11.9. The zero-order chi connectivity index (χ0) is 14.1. The molecule has 1 aromatic carbocycles. The van der Waals surface area contributed by atoms with Crippen LogP contribution in [0.2, 0.25) is 0 Å². The van der Waals surface area contributed by atoms with Crippen LogP contribution in [0.5, 0.6) is 0 Å². The summed E-state index contributed by atoms with van der Waals surface area (Å²) in [5, 5.41) is 6.32. The summed E-state index contributed by atoms with van der Waals surface area (Å²) >= 11 is 1.45. The van der Waals surface area contributed by atoms with Crippen LogP contribution in [0.1, 0.15) is 17.3 Å². The van der Waals surface area contributed by atoms with Crippen molar-refractivity contribution in [3.63, 3.8) is 0 Å². The third kappa shape index (κ3) is 1.94. The average molecular weight is 286 g/mol. The van der Waals surface area contributed by atoms with Gasteiger partial charge in [-0.15, -0.1) is 11.8 Å². The molecule has 0 aliphatic carbocycles. The van der Waals surface area contributed by atoms with Crippen molar-refractivity contribution >= 4 is 34.2 Å². The standard InChI is InChI=1S/C15H14N2O2S/c1-3-19-15(18)13-12-9-8-10-6-4-5-7-11(10)17(12)16-14(13)20-2/h4-9H,3H2,1-2H3. The van der Waals surface area contributed by atoms with Crippen LogP contribution in [0.4, 0.5) is 0 Å². The van der Waals surface area contributed by atoms with E-state index in [2.05, 4.69) is 5.10 Å². The first-order valence-corrected chi connectivity index (χ1v) is 7.60. The van der Waals surface area contributed by atoms with Crippen LogP contribution in [0, 0.1) is 0 Å². The van der Waals surface area contributed by atoms with E-state index >= 15 is 0 Å². The van der Waals surface area contributed by atoms with Crippen molar-refractivity contribution in [1.29, 1.82) is 0 Å². The van der Waals surface area contributed by atoms with Gasteiger partial charge in [0.15, 0.2) is 0 Å². The van der Waals surface area contributed by atoms with Crippen LogP contribution in [0.15, 0.2) is 41.4 Å². The van der Waals surface area contributed by atoms with Crippen molar-refractivity contribution in [3.8, 4) is 0 Å². The minimum atomic E-state index is -0.317. The van der Waals surface area contributed by atoms with E-state index in [9.17, 15) is 4.79 Å². The Morgan fingerprint density at radius 1 is 1.25 bits per heavy atom. The lowest BCUT2D eigenvalue weighted by Gasteiger charge is -2.03. The highest BCUT2D eigenvalue weighted by Gasteiger charge is 2.21. The smallest absolute Gasteiger partial charge is 0.343 e. The van der Waals surface area contributed by atoms with E-state index in [-0.39, 0.29) is 5.97 Å². The number of thioether (sulfide) groups is 1. The minimum Gasteiger partial charge on any atom is -0.462 e. The molecule has 0 amide bonds. The minimum absolute atomic E-state index is 0.317. The van der Waals surface area contributed by atoms with Gasteiger partial charge in [0.2, 0.25) is 0 Å². The molecule has 3 aromatic rings. The van der Waals surface area contributed by atoms with Gasteiger partial charge >= 0.3 is 5.97 Å². The predicted octanol–water partition coefficient (Wildman–Crippen LogP) is 3.39. The Hall–Kier alpha value is -2.01. The molecule has 0 N–H and O–H groups in total. The molecule has 0 aliphatic heterocycles. The molecule has 5 heteroatoms. The fourth-order valence-corrected chi connectivity index (χ4v) is 2.83. The van der Waals surface area contributed by atoms with Gasteiger partial charge in [0.25, 0.3) is 0 Å². The molecule has 2 aromatic heterocycles. The second kappa shape index (κ2) is 5.17. The summed E-state index contributed by atoms with van der Waals surface area (Å²) in [6.45, 7) is 2.16. The predicted molar refractivity (Wildman–Crippen MR) is 80.4 cm³/mol. The molecule has 20 heavy (non-hydrogen) atoms. The Labute approximate surface area is 120 Å². The van der Waals surface area contributed by atoms with Gasteiger partial charge in [-0.05, 0) is 25.3 Å². The number of pyridine rings is 1. The largest absolute Gasteiger partial charge is 0.462 e. The highest BCUT2D eigenvalue weighted by Crippen LogP contribution is 2.27. The van der Waals surface area contributed by atoms with Crippen molar-refractivity contribution in [2.24, 2.45) is 0 Å². The van der Waals surface area contributed by atoms with E-state index < -0.39 is 0 Å². The molecule has 0 radical (unpaired) electrons. The number of ether oxygens (including phenoxy) is 1. The van der Waals surface area contributed by atoms with Gasteiger partial charge in [0, 0.05) is 5.39 Å². The van der Waals surface area contributed by atoms with E-state index in [1.165, 1.54) is 11.8 Å². The maximum Gasteiger partial charge on any atom is 0.343 e. The molecular formula is C15H14N2O2S. The Morgan fingerprint density at radius 2 is 2.05 bits per heavy atom. The van der Waals surface area contributed by atoms with Crippen molar-refractivity contribution in [3.05, 3.63) is 42.0 Å². The first kappa shape index (κ1) is 13.0. The molecule has 0 fully saturated rings.